The number of aliphatic hydroxyl groups is 2. The van der Waals surface area contributed by atoms with Crippen molar-refractivity contribution in [1.82, 2.24) is 5.32 Å². The van der Waals surface area contributed by atoms with Gasteiger partial charge in [0.15, 0.2) is 0 Å². The molecule has 6 nitrogen and oxygen atoms in total. The van der Waals surface area contributed by atoms with Crippen LogP contribution in [0.5, 0.6) is 0 Å². The first-order valence-corrected chi connectivity index (χ1v) is 27.2. The number of hydrogen-bond acceptors (Lipinski definition) is 5. The molecular weight excluding hydrogens is 767 g/mol. The van der Waals surface area contributed by atoms with Gasteiger partial charge >= 0.3 is 5.97 Å². The summed E-state index contributed by atoms with van der Waals surface area (Å²) in [6, 6.07) is -0.701. The predicted molar refractivity (Wildman–Crippen MR) is 269 cm³/mol. The first-order chi connectivity index (χ1) is 30.5. The lowest BCUT2D eigenvalue weighted by Crippen LogP contribution is -2.46. The van der Waals surface area contributed by atoms with Crippen LogP contribution < -0.4 is 5.32 Å². The highest BCUT2D eigenvalue weighted by molar-refractivity contribution is 5.77. The fourth-order valence-corrected chi connectivity index (χ4v) is 8.39. The number of amides is 1. The third kappa shape index (κ3) is 44.7. The second-order valence-corrected chi connectivity index (χ2v) is 18.6. The van der Waals surface area contributed by atoms with E-state index in [0.29, 0.717) is 19.3 Å². The van der Waals surface area contributed by atoms with E-state index in [1.54, 1.807) is 0 Å². The Labute approximate surface area is 385 Å². The molecular formula is C56H105NO5. The van der Waals surface area contributed by atoms with E-state index in [0.717, 1.165) is 70.6 Å². The van der Waals surface area contributed by atoms with Gasteiger partial charge in [0.05, 0.1) is 25.2 Å². The normalized spacial score (nSPS) is 13.4. The molecule has 62 heavy (non-hydrogen) atoms. The zero-order valence-corrected chi connectivity index (χ0v) is 41.5. The number of hydrogen-bond donors (Lipinski definition) is 3. The molecule has 3 unspecified atom stereocenters. The van der Waals surface area contributed by atoms with Gasteiger partial charge in [0.25, 0.3) is 0 Å². The standard InChI is InChI=1S/C56H105NO5/c1-4-7-10-13-16-19-22-25-27-28-31-34-37-40-43-46-49-56(61)62-52(47-44-41-38-35-32-29-24-21-18-15-12-9-6-3)50-55(60)57-53(51-58)54(59)48-45-42-39-36-33-30-26-23-20-17-14-11-8-5-2/h7,10,16,19,25,27,52-54,58-59H,4-6,8-9,11-15,17-18,20-24,26,28-51H2,1-3H3,(H,57,60)/b10-7+,19-16+,27-25+. The van der Waals surface area contributed by atoms with E-state index >= 15 is 0 Å². The summed E-state index contributed by atoms with van der Waals surface area (Å²) in [5.41, 5.74) is 0. The van der Waals surface area contributed by atoms with Gasteiger partial charge in [-0.1, -0.05) is 250 Å². The van der Waals surface area contributed by atoms with Crippen LogP contribution in [0.4, 0.5) is 0 Å². The molecule has 3 atom stereocenters. The van der Waals surface area contributed by atoms with Crippen LogP contribution in [-0.4, -0.2) is 46.9 Å². The molecule has 3 N–H and O–H groups in total. The molecule has 0 aliphatic carbocycles. The van der Waals surface area contributed by atoms with Crippen molar-refractivity contribution < 1.29 is 24.5 Å². The first-order valence-electron chi connectivity index (χ1n) is 27.2. The summed E-state index contributed by atoms with van der Waals surface area (Å²) >= 11 is 0. The number of allylic oxidation sites excluding steroid dienone is 6. The van der Waals surface area contributed by atoms with Crippen molar-refractivity contribution in [3.63, 3.8) is 0 Å². The minimum absolute atomic E-state index is 0.0765. The van der Waals surface area contributed by atoms with Crippen molar-refractivity contribution in [2.24, 2.45) is 0 Å². The summed E-state index contributed by atoms with van der Waals surface area (Å²) in [6.45, 7) is 6.39. The fourth-order valence-electron chi connectivity index (χ4n) is 8.39. The van der Waals surface area contributed by atoms with Gasteiger partial charge in [-0.05, 0) is 57.8 Å². The molecule has 0 fully saturated rings. The Morgan fingerprint density at radius 3 is 1.32 bits per heavy atom. The number of ether oxygens (including phenoxy) is 1. The van der Waals surface area contributed by atoms with Gasteiger partial charge in [-0.15, -0.1) is 0 Å². The highest BCUT2D eigenvalue weighted by atomic mass is 16.5. The summed E-state index contributed by atoms with van der Waals surface area (Å²) < 4.78 is 5.94. The zero-order valence-electron chi connectivity index (χ0n) is 41.5. The van der Waals surface area contributed by atoms with Gasteiger partial charge in [0.1, 0.15) is 6.10 Å². The van der Waals surface area contributed by atoms with E-state index in [1.807, 2.05) is 0 Å². The van der Waals surface area contributed by atoms with Crippen molar-refractivity contribution in [1.29, 1.82) is 0 Å². The zero-order chi connectivity index (χ0) is 45.2. The Morgan fingerprint density at radius 1 is 0.484 bits per heavy atom. The minimum Gasteiger partial charge on any atom is -0.462 e. The van der Waals surface area contributed by atoms with Crippen molar-refractivity contribution >= 4 is 11.9 Å². The molecule has 0 rings (SSSR count). The predicted octanol–water partition coefficient (Wildman–Crippen LogP) is 16.5. The number of carbonyl (C=O) groups excluding carboxylic acids is 2. The lowest BCUT2D eigenvalue weighted by Gasteiger charge is -2.24. The molecule has 0 spiro atoms. The number of unbranched alkanes of at least 4 members (excludes halogenated alkanes) is 31. The van der Waals surface area contributed by atoms with Gasteiger partial charge in [0.2, 0.25) is 5.91 Å². The molecule has 364 valence electrons. The summed E-state index contributed by atoms with van der Waals surface area (Å²) in [4.78, 5) is 26.2. The summed E-state index contributed by atoms with van der Waals surface area (Å²) in [7, 11) is 0. The molecule has 1 amide bonds. The summed E-state index contributed by atoms with van der Waals surface area (Å²) in [5, 5.41) is 23.8. The van der Waals surface area contributed by atoms with Crippen molar-refractivity contribution in [2.45, 2.75) is 302 Å². The Kier molecular flexibility index (Phi) is 48.5. The Balaban J connectivity index is 4.54. The van der Waals surface area contributed by atoms with Crippen LogP contribution >= 0.6 is 0 Å². The van der Waals surface area contributed by atoms with E-state index in [2.05, 4.69) is 62.5 Å². The highest BCUT2D eigenvalue weighted by Gasteiger charge is 2.24. The third-order valence-electron chi connectivity index (χ3n) is 12.5. The average molecular weight is 872 g/mol. The monoisotopic (exact) mass is 872 g/mol. The summed E-state index contributed by atoms with van der Waals surface area (Å²) in [5.74, 6) is -0.475. The van der Waals surface area contributed by atoms with Crippen LogP contribution in [0.25, 0.3) is 0 Å². The number of rotatable bonds is 49. The fraction of sp³-hybridized carbons (Fsp3) is 0.857. The van der Waals surface area contributed by atoms with Crippen molar-refractivity contribution in [3.05, 3.63) is 36.5 Å². The number of aliphatic hydroxyl groups excluding tert-OH is 2. The molecule has 0 saturated carbocycles. The van der Waals surface area contributed by atoms with Gasteiger partial charge in [-0.2, -0.15) is 0 Å². The third-order valence-corrected chi connectivity index (χ3v) is 12.5. The molecule has 0 radical (unpaired) electrons. The van der Waals surface area contributed by atoms with Crippen LogP contribution in [0.3, 0.4) is 0 Å². The van der Waals surface area contributed by atoms with E-state index in [-0.39, 0.29) is 24.9 Å². The lowest BCUT2D eigenvalue weighted by molar-refractivity contribution is -0.151. The smallest absolute Gasteiger partial charge is 0.306 e. The maximum atomic E-state index is 13.2. The van der Waals surface area contributed by atoms with Crippen LogP contribution in [0.1, 0.15) is 284 Å². The van der Waals surface area contributed by atoms with E-state index < -0.39 is 18.2 Å². The van der Waals surface area contributed by atoms with Gasteiger partial charge in [-0.25, -0.2) is 0 Å². The Bertz CT molecular complexity index is 1020. The number of carbonyl (C=O) groups is 2. The molecule has 0 aromatic carbocycles. The Hall–Kier alpha value is -1.92. The summed E-state index contributed by atoms with van der Waals surface area (Å²) in [6.07, 6.45) is 59.2. The van der Waals surface area contributed by atoms with E-state index in [1.165, 1.54) is 167 Å². The second-order valence-electron chi connectivity index (χ2n) is 18.6. The maximum absolute atomic E-state index is 13.2. The SMILES string of the molecule is CC/C=C/C/C=C/C/C=C/CCCCCCCCC(=O)OC(CCCCCCCCCCCCCCC)CC(=O)NC(CO)C(O)CCCCCCCCCCCCCCCC. The molecule has 0 aliphatic rings. The molecule has 0 heterocycles. The molecule has 0 aromatic rings. The molecule has 0 bridgehead atoms. The average Bonchev–Trinajstić information content (AvgIpc) is 3.26. The maximum Gasteiger partial charge on any atom is 0.306 e. The second kappa shape index (κ2) is 50.1. The Morgan fingerprint density at radius 2 is 0.871 bits per heavy atom. The van der Waals surface area contributed by atoms with Crippen LogP contribution in [0.15, 0.2) is 36.5 Å². The van der Waals surface area contributed by atoms with Gasteiger partial charge < -0.3 is 20.3 Å². The highest BCUT2D eigenvalue weighted by Crippen LogP contribution is 2.18. The van der Waals surface area contributed by atoms with Gasteiger partial charge in [0, 0.05) is 6.42 Å². The quantitative estimate of drug-likeness (QED) is 0.0321. The largest absolute Gasteiger partial charge is 0.462 e. The lowest BCUT2D eigenvalue weighted by atomic mass is 10.0. The molecule has 0 aliphatic heterocycles. The number of nitrogens with one attached hydrogen (secondary N) is 1. The van der Waals surface area contributed by atoms with Gasteiger partial charge in [-0.3, -0.25) is 9.59 Å². The number of esters is 1. The van der Waals surface area contributed by atoms with Crippen molar-refractivity contribution in [2.75, 3.05) is 6.61 Å². The first kappa shape index (κ1) is 60.1. The van der Waals surface area contributed by atoms with E-state index in [4.69, 9.17) is 4.74 Å². The molecule has 0 saturated heterocycles. The molecule has 6 heteroatoms. The van der Waals surface area contributed by atoms with Crippen LogP contribution in [-0.2, 0) is 14.3 Å². The van der Waals surface area contributed by atoms with Crippen LogP contribution in [0, 0.1) is 0 Å². The van der Waals surface area contributed by atoms with Crippen LogP contribution in [0.2, 0.25) is 0 Å². The van der Waals surface area contributed by atoms with E-state index in [9.17, 15) is 19.8 Å². The molecule has 0 aromatic heterocycles. The topological polar surface area (TPSA) is 95.9 Å². The van der Waals surface area contributed by atoms with Crippen molar-refractivity contribution in [3.8, 4) is 0 Å². The minimum atomic E-state index is -0.787.